The number of urea groups is 1. The fraction of sp³-hybridized carbons (Fsp3) is 0.407. The fourth-order valence-corrected chi connectivity index (χ4v) is 4.93. The van der Waals surface area contributed by atoms with Crippen molar-refractivity contribution >= 4 is 28.9 Å². The summed E-state index contributed by atoms with van der Waals surface area (Å²) in [5, 5.41) is 12.0. The van der Waals surface area contributed by atoms with Crippen LogP contribution in [0.5, 0.6) is 5.75 Å². The van der Waals surface area contributed by atoms with Crippen molar-refractivity contribution < 1.29 is 42.1 Å². The molecule has 3 amide bonds. The number of benzene rings is 2. The lowest BCUT2D eigenvalue weighted by molar-refractivity contribution is -0.138. The average molecular weight is 550 g/mol. The minimum atomic E-state index is -4.57. The quantitative estimate of drug-likeness (QED) is 0.485. The second-order valence-electron chi connectivity index (χ2n) is 9.53. The van der Waals surface area contributed by atoms with Gasteiger partial charge in [-0.2, -0.15) is 13.2 Å². The van der Waals surface area contributed by atoms with Crippen molar-refractivity contribution in [1.82, 2.24) is 4.90 Å². The highest BCUT2D eigenvalue weighted by molar-refractivity contribution is 6.05. The lowest BCUT2D eigenvalue weighted by Gasteiger charge is -2.39. The van der Waals surface area contributed by atoms with Gasteiger partial charge in [0.2, 0.25) is 5.91 Å². The van der Waals surface area contributed by atoms with E-state index >= 15 is 0 Å². The van der Waals surface area contributed by atoms with E-state index in [9.17, 15) is 27.9 Å². The maximum atomic E-state index is 13.4. The molecule has 4 rings (SSSR count). The van der Waals surface area contributed by atoms with Crippen molar-refractivity contribution in [3.63, 3.8) is 0 Å². The molecule has 2 N–H and O–H groups in total. The van der Waals surface area contributed by atoms with Crippen LogP contribution in [0, 0.1) is 0 Å². The number of carbonyl (C=O) groups excluding carboxylic acids is 2. The fourth-order valence-electron chi connectivity index (χ4n) is 4.93. The van der Waals surface area contributed by atoms with E-state index in [0.29, 0.717) is 29.1 Å². The summed E-state index contributed by atoms with van der Waals surface area (Å²) in [4.78, 5) is 28.7. The first-order valence-corrected chi connectivity index (χ1v) is 12.2. The number of β-amino-alcohol motifs (C(OH)–C–C–N with tert-alkyl or cyclic N) is 1. The number of ether oxygens (including phenoxy) is 3. The number of hydrogen-bond donors (Lipinski definition) is 2. The molecule has 210 valence electrons. The van der Waals surface area contributed by atoms with Crippen LogP contribution in [-0.4, -0.2) is 75.2 Å². The van der Waals surface area contributed by atoms with Crippen LogP contribution in [-0.2, 0) is 27.0 Å². The number of anilines is 2. The van der Waals surface area contributed by atoms with Gasteiger partial charge < -0.3 is 29.5 Å². The summed E-state index contributed by atoms with van der Waals surface area (Å²) in [5.41, 5.74) is 0.718. The van der Waals surface area contributed by atoms with Gasteiger partial charge in [0, 0.05) is 58.1 Å². The minimum absolute atomic E-state index is 0.0218. The minimum Gasteiger partial charge on any atom is -0.481 e. The van der Waals surface area contributed by atoms with Crippen molar-refractivity contribution in [2.24, 2.45) is 0 Å². The van der Waals surface area contributed by atoms with Crippen LogP contribution >= 0.6 is 0 Å². The third-order valence-corrected chi connectivity index (χ3v) is 6.62. The Kier molecular flexibility index (Phi) is 8.19. The van der Waals surface area contributed by atoms with Gasteiger partial charge in [-0.15, -0.1) is 0 Å². The molecule has 0 fully saturated rings. The Hall–Kier alpha value is -3.61. The third-order valence-electron chi connectivity index (χ3n) is 6.62. The smallest absolute Gasteiger partial charge is 0.416 e. The number of carbonyl (C=O) groups is 2. The van der Waals surface area contributed by atoms with Crippen molar-refractivity contribution in [2.45, 2.75) is 24.7 Å². The number of nitrogens with one attached hydrogen (secondary N) is 1. The summed E-state index contributed by atoms with van der Waals surface area (Å²) in [6.07, 6.45) is -3.09. The third kappa shape index (κ3) is 6.02. The van der Waals surface area contributed by atoms with E-state index in [4.69, 9.17) is 14.2 Å². The van der Waals surface area contributed by atoms with Crippen LogP contribution < -0.4 is 15.0 Å². The average Bonchev–Trinajstić information content (AvgIpc) is 2.87. The second kappa shape index (κ2) is 11.2. The summed E-state index contributed by atoms with van der Waals surface area (Å²) in [6, 6.07) is 8.04. The Morgan fingerprint density at radius 3 is 2.54 bits per heavy atom. The highest BCUT2D eigenvalue weighted by atomic mass is 19.4. The van der Waals surface area contributed by atoms with Gasteiger partial charge in [-0.1, -0.05) is 12.1 Å². The van der Waals surface area contributed by atoms with Crippen molar-refractivity contribution in [2.75, 3.05) is 57.8 Å². The van der Waals surface area contributed by atoms with Crippen LogP contribution in [0.4, 0.5) is 29.3 Å². The first-order chi connectivity index (χ1) is 18.5. The van der Waals surface area contributed by atoms with E-state index in [2.05, 4.69) is 5.32 Å². The van der Waals surface area contributed by atoms with Crippen molar-refractivity contribution in [3.8, 4) is 5.75 Å². The molecule has 9 nitrogen and oxygen atoms in total. The zero-order chi connectivity index (χ0) is 28.4. The zero-order valence-corrected chi connectivity index (χ0v) is 21.8. The second-order valence-corrected chi connectivity index (χ2v) is 9.53. The van der Waals surface area contributed by atoms with Gasteiger partial charge in [-0.3, -0.25) is 9.69 Å². The Morgan fingerprint density at radius 1 is 1.18 bits per heavy atom. The Morgan fingerprint density at radius 2 is 1.90 bits per heavy atom. The summed E-state index contributed by atoms with van der Waals surface area (Å²) < 4.78 is 56.8. The van der Waals surface area contributed by atoms with Gasteiger partial charge in [-0.05, 0) is 35.4 Å². The number of aliphatic hydroxyl groups excluding tert-OH is 1. The Bertz CT molecular complexity index is 1270. The van der Waals surface area contributed by atoms with Gasteiger partial charge in [0.15, 0.2) is 5.60 Å². The van der Waals surface area contributed by atoms with Gasteiger partial charge in [0.1, 0.15) is 5.75 Å². The number of methoxy groups -OCH3 is 2. The molecule has 0 saturated heterocycles. The Balaban J connectivity index is 1.64. The van der Waals surface area contributed by atoms with Gasteiger partial charge in [0.05, 0.1) is 31.1 Å². The molecule has 0 spiro atoms. The van der Waals surface area contributed by atoms with E-state index in [0.717, 1.165) is 17.7 Å². The molecule has 0 radical (unpaired) electrons. The molecule has 2 aromatic carbocycles. The van der Waals surface area contributed by atoms with Crippen LogP contribution in [0.3, 0.4) is 0 Å². The molecule has 0 unspecified atom stereocenters. The van der Waals surface area contributed by atoms with Crippen LogP contribution in [0.25, 0.3) is 5.57 Å². The van der Waals surface area contributed by atoms with Crippen molar-refractivity contribution in [1.29, 1.82) is 0 Å². The molecule has 0 bridgehead atoms. The largest absolute Gasteiger partial charge is 0.481 e. The number of hydrogen-bond acceptors (Lipinski definition) is 6. The predicted molar refractivity (Wildman–Crippen MR) is 138 cm³/mol. The van der Waals surface area contributed by atoms with E-state index in [-0.39, 0.29) is 44.6 Å². The molecule has 0 saturated carbocycles. The first kappa shape index (κ1) is 28.4. The van der Waals surface area contributed by atoms with Gasteiger partial charge >= 0.3 is 12.2 Å². The van der Waals surface area contributed by atoms with Crippen LogP contribution in [0.15, 0.2) is 42.5 Å². The SMILES string of the molecule is COCC1(COC)CC(=CC(=O)Nc2ccc3c(c2)N(C)C(=O)N(CCO)C3)c2ccc(C(F)(F)F)cc2O1. The number of aliphatic hydroxyl groups is 1. The van der Waals surface area contributed by atoms with Crippen LogP contribution in [0.1, 0.15) is 23.1 Å². The van der Waals surface area contributed by atoms with Gasteiger partial charge in [-0.25, -0.2) is 4.79 Å². The molecule has 2 heterocycles. The molecule has 0 aliphatic carbocycles. The molecule has 2 aliphatic rings. The van der Waals surface area contributed by atoms with Crippen molar-refractivity contribution in [3.05, 3.63) is 59.2 Å². The molecule has 0 atom stereocenters. The predicted octanol–water partition coefficient (Wildman–Crippen LogP) is 3.91. The molecular weight excluding hydrogens is 519 g/mol. The lowest BCUT2D eigenvalue weighted by Crippen LogP contribution is -2.47. The topological polar surface area (TPSA) is 101 Å². The standard InChI is InChI=1S/C27H30F3N3O6/c1-32-22-12-20(6-4-17(22)14-33(8-9-34)25(32)36)31-24(35)10-18-13-26(15-37-2,16-38-3)39-23-11-19(27(28,29)30)5-7-21(18)23/h4-7,10-12,34H,8-9,13-16H2,1-3H3,(H,31,35). The summed E-state index contributed by atoms with van der Waals surface area (Å²) in [7, 11) is 4.50. The maximum Gasteiger partial charge on any atom is 0.416 e. The highest BCUT2D eigenvalue weighted by Crippen LogP contribution is 2.43. The maximum absolute atomic E-state index is 13.4. The molecular formula is C27H30F3N3O6. The zero-order valence-electron chi connectivity index (χ0n) is 21.8. The Labute approximate surface area is 223 Å². The number of rotatable bonds is 8. The number of nitrogens with zero attached hydrogens (tertiary/aromatic N) is 2. The van der Waals surface area contributed by atoms with E-state index in [1.165, 1.54) is 36.2 Å². The van der Waals surface area contributed by atoms with E-state index in [1.54, 1.807) is 25.2 Å². The summed E-state index contributed by atoms with van der Waals surface area (Å²) in [6.45, 7) is 0.425. The molecule has 0 aromatic heterocycles. The highest BCUT2D eigenvalue weighted by Gasteiger charge is 2.41. The molecule has 2 aliphatic heterocycles. The number of alkyl halides is 3. The summed E-state index contributed by atoms with van der Waals surface area (Å²) in [5.74, 6) is -0.529. The number of amides is 3. The number of halogens is 3. The van der Waals surface area contributed by atoms with Gasteiger partial charge in [0.25, 0.3) is 0 Å². The molecule has 39 heavy (non-hydrogen) atoms. The molecule has 2 aromatic rings. The normalized spacial score (nSPS) is 17.5. The first-order valence-electron chi connectivity index (χ1n) is 12.2. The monoisotopic (exact) mass is 549 g/mol. The summed E-state index contributed by atoms with van der Waals surface area (Å²) >= 11 is 0. The lowest BCUT2D eigenvalue weighted by atomic mass is 9.86. The van der Waals surface area contributed by atoms with Crippen LogP contribution in [0.2, 0.25) is 0 Å². The number of fused-ring (bicyclic) bond motifs is 2. The van der Waals surface area contributed by atoms with E-state index < -0.39 is 23.2 Å². The van der Waals surface area contributed by atoms with E-state index in [1.807, 2.05) is 0 Å². The molecule has 12 heteroatoms.